The van der Waals surface area contributed by atoms with Crippen molar-refractivity contribution in [3.05, 3.63) is 57.1 Å². The standard InChI is InChI=1S/C22H22ClN3O4/c1-30-22(27)14-11-12-18-17(13-14)24-21(25(18)15-7-4-2-3-5-8-15)16-9-6-10-19(20(16)23)26(28)29/h6,9-13,15H,2-5,7-8H2,1H3. The van der Waals surface area contributed by atoms with Gasteiger partial charge in [-0.25, -0.2) is 9.78 Å². The van der Waals surface area contributed by atoms with Crippen molar-refractivity contribution >= 4 is 34.3 Å². The molecule has 1 fully saturated rings. The van der Waals surface area contributed by atoms with E-state index in [-0.39, 0.29) is 16.8 Å². The molecular weight excluding hydrogens is 406 g/mol. The maximum atomic E-state index is 12.0. The molecule has 7 nitrogen and oxygen atoms in total. The molecule has 0 amide bonds. The van der Waals surface area contributed by atoms with E-state index in [1.807, 2.05) is 6.07 Å². The second kappa shape index (κ2) is 8.44. The Morgan fingerprint density at radius 2 is 1.93 bits per heavy atom. The zero-order valence-electron chi connectivity index (χ0n) is 16.6. The van der Waals surface area contributed by atoms with E-state index in [9.17, 15) is 14.9 Å². The summed E-state index contributed by atoms with van der Waals surface area (Å²) in [4.78, 5) is 27.7. The molecule has 3 aromatic rings. The molecule has 0 saturated heterocycles. The number of fused-ring (bicyclic) bond motifs is 1. The predicted octanol–water partition coefficient (Wildman–Crippen LogP) is 5.95. The van der Waals surface area contributed by atoms with Crippen molar-refractivity contribution in [1.29, 1.82) is 0 Å². The van der Waals surface area contributed by atoms with Crippen molar-refractivity contribution in [2.45, 2.75) is 44.6 Å². The number of rotatable bonds is 4. The summed E-state index contributed by atoms with van der Waals surface area (Å²) < 4.78 is 6.98. The molecule has 1 saturated carbocycles. The van der Waals surface area contributed by atoms with Crippen LogP contribution in [-0.4, -0.2) is 27.6 Å². The van der Waals surface area contributed by atoms with E-state index in [0.29, 0.717) is 22.5 Å². The Morgan fingerprint density at radius 3 is 2.60 bits per heavy atom. The maximum absolute atomic E-state index is 12.0. The van der Waals surface area contributed by atoms with Gasteiger partial charge in [-0.2, -0.15) is 0 Å². The lowest BCUT2D eigenvalue weighted by Crippen LogP contribution is -2.10. The molecule has 1 aliphatic rings. The lowest BCUT2D eigenvalue weighted by Gasteiger charge is -2.20. The summed E-state index contributed by atoms with van der Waals surface area (Å²) in [5.74, 6) is 0.156. The predicted molar refractivity (Wildman–Crippen MR) is 115 cm³/mol. The van der Waals surface area contributed by atoms with Gasteiger partial charge in [0, 0.05) is 17.7 Å². The van der Waals surface area contributed by atoms with Gasteiger partial charge in [-0.1, -0.05) is 43.4 Å². The van der Waals surface area contributed by atoms with E-state index in [1.165, 1.54) is 26.0 Å². The Labute approximate surface area is 178 Å². The van der Waals surface area contributed by atoms with Gasteiger partial charge < -0.3 is 9.30 Å². The normalized spacial score (nSPS) is 15.1. The largest absolute Gasteiger partial charge is 0.465 e. The summed E-state index contributed by atoms with van der Waals surface area (Å²) in [6, 6.07) is 10.3. The van der Waals surface area contributed by atoms with Gasteiger partial charge >= 0.3 is 5.97 Å². The van der Waals surface area contributed by atoms with Crippen LogP contribution in [-0.2, 0) is 4.74 Å². The molecule has 8 heteroatoms. The van der Waals surface area contributed by atoms with Gasteiger partial charge in [-0.3, -0.25) is 10.1 Å². The minimum atomic E-state index is -0.486. The van der Waals surface area contributed by atoms with Crippen molar-refractivity contribution in [2.24, 2.45) is 0 Å². The highest BCUT2D eigenvalue weighted by molar-refractivity contribution is 6.35. The van der Waals surface area contributed by atoms with Crippen LogP contribution < -0.4 is 0 Å². The number of hydrogen-bond donors (Lipinski definition) is 0. The summed E-state index contributed by atoms with van der Waals surface area (Å²) >= 11 is 6.44. The van der Waals surface area contributed by atoms with Gasteiger partial charge in [0.2, 0.25) is 0 Å². The first-order valence-corrected chi connectivity index (χ1v) is 10.4. The number of methoxy groups -OCH3 is 1. The molecule has 2 aromatic carbocycles. The van der Waals surface area contributed by atoms with Crippen LogP contribution in [0.3, 0.4) is 0 Å². The summed E-state index contributed by atoms with van der Waals surface area (Å²) in [7, 11) is 1.34. The van der Waals surface area contributed by atoms with Gasteiger partial charge in [0.05, 0.1) is 28.6 Å². The second-order valence-electron chi connectivity index (χ2n) is 7.54. The summed E-state index contributed by atoms with van der Waals surface area (Å²) in [5, 5.41) is 11.5. The molecular formula is C22H22ClN3O4. The highest BCUT2D eigenvalue weighted by Gasteiger charge is 2.26. The van der Waals surface area contributed by atoms with Gasteiger partial charge in [0.15, 0.2) is 0 Å². The number of hydrogen-bond acceptors (Lipinski definition) is 5. The van der Waals surface area contributed by atoms with Crippen molar-refractivity contribution < 1.29 is 14.5 Å². The molecule has 156 valence electrons. The summed E-state index contributed by atoms with van der Waals surface area (Å²) in [6.07, 6.45) is 6.64. The first kappa shape index (κ1) is 20.3. The average Bonchev–Trinajstić information content (AvgIpc) is 2.91. The zero-order chi connectivity index (χ0) is 21.3. The van der Waals surface area contributed by atoms with Crippen LogP contribution >= 0.6 is 11.6 Å². The van der Waals surface area contributed by atoms with Crippen LogP contribution in [0.2, 0.25) is 5.02 Å². The van der Waals surface area contributed by atoms with Gasteiger partial charge in [0.25, 0.3) is 5.69 Å². The van der Waals surface area contributed by atoms with Crippen LogP contribution in [0.15, 0.2) is 36.4 Å². The molecule has 0 atom stereocenters. The Morgan fingerprint density at radius 1 is 1.20 bits per heavy atom. The number of ether oxygens (including phenoxy) is 1. The number of benzene rings is 2. The second-order valence-corrected chi connectivity index (χ2v) is 7.92. The molecule has 0 radical (unpaired) electrons. The molecule has 0 bridgehead atoms. The SMILES string of the molecule is COC(=O)c1ccc2c(c1)nc(-c1cccc([N+](=O)[O-])c1Cl)n2C1CCCCCC1. The smallest absolute Gasteiger partial charge is 0.337 e. The quantitative estimate of drug-likeness (QED) is 0.222. The van der Waals surface area contributed by atoms with E-state index >= 15 is 0 Å². The van der Waals surface area contributed by atoms with Crippen molar-refractivity contribution in [1.82, 2.24) is 9.55 Å². The number of esters is 1. The van der Waals surface area contributed by atoms with E-state index in [1.54, 1.807) is 24.3 Å². The van der Waals surface area contributed by atoms with E-state index in [4.69, 9.17) is 21.3 Å². The Hall–Kier alpha value is -2.93. The number of nitrogens with zero attached hydrogens (tertiary/aromatic N) is 3. The first-order chi connectivity index (χ1) is 14.5. The minimum Gasteiger partial charge on any atom is -0.465 e. The molecule has 1 aromatic heterocycles. The van der Waals surface area contributed by atoms with Gasteiger partial charge in [0.1, 0.15) is 10.8 Å². The zero-order valence-corrected chi connectivity index (χ0v) is 17.4. The Balaban J connectivity index is 1.95. The topological polar surface area (TPSA) is 87.3 Å². The fraction of sp³-hybridized carbons (Fsp3) is 0.364. The number of carbonyl (C=O) groups is 1. The third kappa shape index (κ3) is 3.65. The molecule has 30 heavy (non-hydrogen) atoms. The van der Waals surface area contributed by atoms with Crippen LogP contribution in [0, 0.1) is 10.1 Å². The monoisotopic (exact) mass is 427 g/mol. The third-order valence-corrected chi connectivity index (χ3v) is 6.11. The molecule has 0 aliphatic heterocycles. The van der Waals surface area contributed by atoms with Crippen molar-refractivity contribution in [2.75, 3.05) is 7.11 Å². The molecule has 1 heterocycles. The summed E-state index contributed by atoms with van der Waals surface area (Å²) in [5.41, 5.74) is 2.30. The molecule has 4 rings (SSSR count). The van der Waals surface area contributed by atoms with Gasteiger partial charge in [-0.15, -0.1) is 0 Å². The number of halogens is 1. The van der Waals surface area contributed by atoms with Crippen molar-refractivity contribution in [3.8, 4) is 11.4 Å². The Bertz CT molecular complexity index is 1120. The minimum absolute atomic E-state index is 0.0702. The van der Waals surface area contributed by atoms with Crippen LogP contribution in [0.1, 0.15) is 54.9 Å². The fourth-order valence-corrected chi connectivity index (χ4v) is 4.53. The molecule has 1 aliphatic carbocycles. The van der Waals surface area contributed by atoms with Crippen LogP contribution in [0.25, 0.3) is 22.4 Å². The lowest BCUT2D eigenvalue weighted by molar-refractivity contribution is -0.384. The number of carbonyl (C=O) groups excluding carboxylic acids is 1. The number of aromatic nitrogens is 2. The lowest BCUT2D eigenvalue weighted by atomic mass is 10.1. The Kier molecular flexibility index (Phi) is 5.72. The number of nitro benzene ring substituents is 1. The van der Waals surface area contributed by atoms with E-state index < -0.39 is 10.9 Å². The van der Waals surface area contributed by atoms with E-state index in [0.717, 1.165) is 31.2 Å². The fourth-order valence-electron chi connectivity index (χ4n) is 4.25. The maximum Gasteiger partial charge on any atom is 0.337 e. The summed E-state index contributed by atoms with van der Waals surface area (Å²) in [6.45, 7) is 0. The average molecular weight is 428 g/mol. The first-order valence-electron chi connectivity index (χ1n) is 10.0. The van der Waals surface area contributed by atoms with E-state index in [2.05, 4.69) is 4.57 Å². The highest BCUT2D eigenvalue weighted by atomic mass is 35.5. The van der Waals surface area contributed by atoms with Crippen LogP contribution in [0.5, 0.6) is 0 Å². The van der Waals surface area contributed by atoms with Gasteiger partial charge in [-0.05, 0) is 37.1 Å². The van der Waals surface area contributed by atoms with Crippen molar-refractivity contribution in [3.63, 3.8) is 0 Å². The molecule has 0 N–H and O–H groups in total. The number of imidazole rings is 1. The molecule has 0 unspecified atom stereocenters. The highest BCUT2D eigenvalue weighted by Crippen LogP contribution is 2.40. The third-order valence-electron chi connectivity index (χ3n) is 5.72. The number of nitro groups is 1. The van der Waals surface area contributed by atoms with Crippen LogP contribution in [0.4, 0.5) is 5.69 Å². The molecule has 0 spiro atoms.